The van der Waals surface area contributed by atoms with Crippen molar-refractivity contribution in [3.8, 4) is 16.2 Å². The highest BCUT2D eigenvalue weighted by Crippen LogP contribution is 2.42. The Kier molecular flexibility index (Phi) is 4.08. The third-order valence-corrected chi connectivity index (χ3v) is 5.88. The molecule has 0 atom stereocenters. The second-order valence-corrected chi connectivity index (χ2v) is 7.36. The lowest BCUT2D eigenvalue weighted by Crippen LogP contribution is -2.33. The molecule has 1 aromatic carbocycles. The number of hydrogen-bond donors (Lipinski definition) is 0. The first-order chi connectivity index (χ1) is 11.3. The largest absolute Gasteiger partial charge is 0.488 e. The van der Waals surface area contributed by atoms with Gasteiger partial charge in [-0.15, -0.1) is 11.3 Å². The van der Waals surface area contributed by atoms with E-state index in [1.54, 1.807) is 11.3 Å². The summed E-state index contributed by atoms with van der Waals surface area (Å²) in [4.78, 5) is 17.0. The van der Waals surface area contributed by atoms with E-state index in [0.717, 1.165) is 47.7 Å². The lowest BCUT2D eigenvalue weighted by molar-refractivity contribution is 0.0747. The normalized spacial score (nSPS) is 17.5. The van der Waals surface area contributed by atoms with E-state index in [4.69, 9.17) is 4.74 Å². The van der Waals surface area contributed by atoms with Gasteiger partial charge in [-0.2, -0.15) is 0 Å². The summed E-state index contributed by atoms with van der Waals surface area (Å²) in [6, 6.07) is 10.1. The molecule has 1 amide bonds. The predicted molar refractivity (Wildman–Crippen MR) is 93.1 cm³/mol. The highest BCUT2D eigenvalue weighted by molar-refractivity contribution is 7.17. The quantitative estimate of drug-likeness (QED) is 0.759. The van der Waals surface area contributed by atoms with Crippen molar-refractivity contribution in [1.29, 1.82) is 0 Å². The molecule has 1 saturated heterocycles. The zero-order chi connectivity index (χ0) is 15.6. The van der Waals surface area contributed by atoms with Gasteiger partial charge < -0.3 is 9.64 Å². The van der Waals surface area contributed by atoms with E-state index < -0.39 is 0 Å². The third-order valence-electron chi connectivity index (χ3n) is 4.68. The molecule has 0 spiro atoms. The highest BCUT2D eigenvalue weighted by Gasteiger charge is 2.24. The minimum Gasteiger partial charge on any atom is -0.488 e. The van der Waals surface area contributed by atoms with Gasteiger partial charge in [-0.05, 0) is 31.0 Å². The fourth-order valence-corrected chi connectivity index (χ4v) is 4.58. The number of fused-ring (bicyclic) bond motifs is 3. The van der Waals surface area contributed by atoms with Gasteiger partial charge in [0.1, 0.15) is 12.4 Å². The van der Waals surface area contributed by atoms with Gasteiger partial charge in [-0.3, -0.25) is 4.79 Å². The average molecular weight is 327 g/mol. The summed E-state index contributed by atoms with van der Waals surface area (Å²) in [6.45, 7) is 2.36. The molecule has 1 aromatic heterocycles. The van der Waals surface area contributed by atoms with Crippen molar-refractivity contribution in [1.82, 2.24) is 4.90 Å². The molecule has 4 rings (SSSR count). The van der Waals surface area contributed by atoms with Crippen LogP contribution in [-0.2, 0) is 6.61 Å². The Morgan fingerprint density at radius 3 is 2.61 bits per heavy atom. The first-order valence-electron chi connectivity index (χ1n) is 8.47. The zero-order valence-electron chi connectivity index (χ0n) is 13.2. The molecule has 0 unspecified atom stereocenters. The minimum absolute atomic E-state index is 0.198. The number of carbonyl (C=O) groups is 1. The van der Waals surface area contributed by atoms with E-state index in [-0.39, 0.29) is 5.91 Å². The van der Waals surface area contributed by atoms with E-state index in [2.05, 4.69) is 6.07 Å². The maximum Gasteiger partial charge on any atom is 0.263 e. The predicted octanol–water partition coefficient (Wildman–Crippen LogP) is 4.71. The van der Waals surface area contributed by atoms with Crippen LogP contribution in [0.1, 0.15) is 47.3 Å². The molecule has 0 radical (unpaired) electrons. The number of rotatable bonds is 1. The Bertz CT molecular complexity index is 714. The summed E-state index contributed by atoms with van der Waals surface area (Å²) in [5, 5.41) is 0. The van der Waals surface area contributed by atoms with Crippen LogP contribution in [0.2, 0.25) is 0 Å². The summed E-state index contributed by atoms with van der Waals surface area (Å²) in [5.74, 6) is 1.12. The number of thiophene rings is 1. The Hall–Kier alpha value is -1.81. The third kappa shape index (κ3) is 2.88. The van der Waals surface area contributed by atoms with Gasteiger partial charge in [-0.25, -0.2) is 0 Å². The molecule has 0 bridgehead atoms. The van der Waals surface area contributed by atoms with Crippen LogP contribution in [0, 0.1) is 0 Å². The van der Waals surface area contributed by atoms with Gasteiger partial charge >= 0.3 is 0 Å². The van der Waals surface area contributed by atoms with Crippen LogP contribution >= 0.6 is 11.3 Å². The lowest BCUT2D eigenvalue weighted by atomic mass is 10.1. The Balaban J connectivity index is 1.61. The van der Waals surface area contributed by atoms with E-state index >= 15 is 0 Å². The smallest absolute Gasteiger partial charge is 0.263 e. The molecule has 23 heavy (non-hydrogen) atoms. The van der Waals surface area contributed by atoms with Gasteiger partial charge in [-0.1, -0.05) is 31.4 Å². The number of ether oxygens (including phenoxy) is 1. The maximum absolute atomic E-state index is 12.9. The summed E-state index contributed by atoms with van der Waals surface area (Å²) in [5.41, 5.74) is 2.26. The van der Waals surface area contributed by atoms with Crippen molar-refractivity contribution < 1.29 is 9.53 Å². The molecular weight excluding hydrogens is 306 g/mol. The molecule has 120 valence electrons. The molecule has 2 aromatic rings. The first-order valence-corrected chi connectivity index (χ1v) is 9.29. The standard InChI is InChI=1S/C19H21NO2S/c21-19(20-10-6-2-1-3-7-11-20)17-12-14-13-22-16-9-5-4-8-15(16)18(14)23-17/h4-5,8-9,12H,1-3,6-7,10-11,13H2. The second kappa shape index (κ2) is 6.36. The zero-order valence-corrected chi connectivity index (χ0v) is 14.0. The SMILES string of the molecule is O=C(c1cc2c(s1)-c1ccccc1OC2)N1CCCCCCC1. The minimum atomic E-state index is 0.198. The monoisotopic (exact) mass is 327 g/mol. The topological polar surface area (TPSA) is 29.5 Å². The molecule has 2 aliphatic rings. The maximum atomic E-state index is 12.9. The number of benzene rings is 1. The number of carbonyl (C=O) groups excluding carboxylic acids is 1. The van der Waals surface area contributed by atoms with Crippen molar-refractivity contribution >= 4 is 17.2 Å². The van der Waals surface area contributed by atoms with Crippen LogP contribution in [-0.4, -0.2) is 23.9 Å². The number of hydrogen-bond acceptors (Lipinski definition) is 3. The van der Waals surface area contributed by atoms with Crippen LogP contribution in [0.15, 0.2) is 30.3 Å². The fourth-order valence-electron chi connectivity index (χ4n) is 3.41. The van der Waals surface area contributed by atoms with Crippen molar-refractivity contribution in [2.75, 3.05) is 13.1 Å². The second-order valence-electron chi connectivity index (χ2n) is 6.31. The molecular formula is C19H21NO2S. The molecule has 3 heterocycles. The van der Waals surface area contributed by atoms with E-state index in [9.17, 15) is 4.79 Å². The number of amides is 1. The molecule has 2 aliphatic heterocycles. The van der Waals surface area contributed by atoms with Crippen molar-refractivity contribution in [3.05, 3.63) is 40.8 Å². The fraction of sp³-hybridized carbons (Fsp3) is 0.421. The van der Waals surface area contributed by atoms with E-state index in [1.165, 1.54) is 24.1 Å². The number of nitrogens with zero attached hydrogens (tertiary/aromatic N) is 1. The van der Waals surface area contributed by atoms with E-state index in [0.29, 0.717) is 6.61 Å². The van der Waals surface area contributed by atoms with Crippen LogP contribution in [0.4, 0.5) is 0 Å². The average Bonchev–Trinajstić information content (AvgIpc) is 2.98. The van der Waals surface area contributed by atoms with Crippen molar-refractivity contribution in [2.24, 2.45) is 0 Å². The molecule has 0 N–H and O–H groups in total. The van der Waals surface area contributed by atoms with Crippen LogP contribution in [0.3, 0.4) is 0 Å². The van der Waals surface area contributed by atoms with Crippen LogP contribution in [0.25, 0.3) is 10.4 Å². The molecule has 4 heteroatoms. The van der Waals surface area contributed by atoms with Crippen LogP contribution in [0.5, 0.6) is 5.75 Å². The number of likely N-dealkylation sites (tertiary alicyclic amines) is 1. The first kappa shape index (κ1) is 14.8. The summed E-state index contributed by atoms with van der Waals surface area (Å²) < 4.78 is 5.81. The van der Waals surface area contributed by atoms with Gasteiger partial charge in [0.15, 0.2) is 0 Å². The summed E-state index contributed by atoms with van der Waals surface area (Å²) in [7, 11) is 0. The van der Waals surface area contributed by atoms with Crippen LogP contribution < -0.4 is 4.74 Å². The Labute approximate surface area is 140 Å². The van der Waals surface area contributed by atoms with Gasteiger partial charge in [0.25, 0.3) is 5.91 Å². The summed E-state index contributed by atoms with van der Waals surface area (Å²) >= 11 is 1.62. The molecule has 3 nitrogen and oxygen atoms in total. The molecule has 0 saturated carbocycles. The Morgan fingerprint density at radius 1 is 1.04 bits per heavy atom. The van der Waals surface area contributed by atoms with Gasteiger partial charge in [0.2, 0.25) is 0 Å². The molecule has 0 aliphatic carbocycles. The summed E-state index contributed by atoms with van der Waals surface area (Å²) in [6.07, 6.45) is 6.05. The Morgan fingerprint density at radius 2 is 1.78 bits per heavy atom. The highest BCUT2D eigenvalue weighted by atomic mass is 32.1. The van der Waals surface area contributed by atoms with Gasteiger partial charge in [0, 0.05) is 29.1 Å². The number of para-hydroxylation sites is 1. The molecule has 1 fully saturated rings. The van der Waals surface area contributed by atoms with Crippen molar-refractivity contribution in [3.63, 3.8) is 0 Å². The van der Waals surface area contributed by atoms with E-state index in [1.807, 2.05) is 29.2 Å². The van der Waals surface area contributed by atoms with Gasteiger partial charge in [0.05, 0.1) is 4.88 Å². The van der Waals surface area contributed by atoms with Crippen molar-refractivity contribution in [2.45, 2.75) is 38.7 Å². The lowest BCUT2D eigenvalue weighted by Gasteiger charge is -2.24.